The molecule has 1 atom stereocenters. The Morgan fingerprint density at radius 2 is 1.75 bits per heavy atom. The van der Waals surface area contributed by atoms with Gasteiger partial charge in [-0.1, -0.05) is 23.7 Å². The van der Waals surface area contributed by atoms with Crippen molar-refractivity contribution in [3.8, 4) is 0 Å². The van der Waals surface area contributed by atoms with Crippen molar-refractivity contribution in [2.24, 2.45) is 0 Å². The zero-order valence-electron chi connectivity index (χ0n) is 16.1. The number of benzene rings is 1. The maximum absolute atomic E-state index is 13.0. The number of amides is 2. The molecule has 4 rings (SSSR count). The second-order valence-corrected chi connectivity index (χ2v) is 7.88. The topological polar surface area (TPSA) is 48.8 Å². The van der Waals surface area contributed by atoms with E-state index in [0.29, 0.717) is 37.7 Å². The van der Waals surface area contributed by atoms with Gasteiger partial charge in [-0.25, -0.2) is 0 Å². The average Bonchev–Trinajstić information content (AvgIpc) is 3.16. The normalized spacial score (nSPS) is 20.1. The van der Waals surface area contributed by atoms with Crippen LogP contribution in [0.1, 0.15) is 24.2 Å². The van der Waals surface area contributed by atoms with Gasteiger partial charge in [0.25, 0.3) is 0 Å². The molecule has 0 spiro atoms. The van der Waals surface area contributed by atoms with Gasteiger partial charge in [0.1, 0.15) is 0 Å². The number of halogens is 1. The zero-order valence-corrected chi connectivity index (χ0v) is 16.8. The van der Waals surface area contributed by atoms with Crippen LogP contribution >= 0.6 is 11.6 Å². The molecule has 148 valence electrons. The molecule has 1 aromatic carbocycles. The van der Waals surface area contributed by atoms with Crippen LogP contribution in [0.2, 0.25) is 5.02 Å². The van der Waals surface area contributed by atoms with Crippen molar-refractivity contribution >= 4 is 23.4 Å². The minimum atomic E-state index is 0.00455. The van der Waals surface area contributed by atoms with Crippen LogP contribution in [0.3, 0.4) is 0 Å². The number of carbonyl (C=O) groups excluding carboxylic acids is 2. The maximum Gasteiger partial charge on any atom is 0.236 e. The molecule has 0 radical (unpaired) electrons. The molecule has 7 heteroatoms. The molecule has 6 nitrogen and oxygen atoms in total. The summed E-state index contributed by atoms with van der Waals surface area (Å²) >= 11 is 6.25. The minimum absolute atomic E-state index is 0.00455. The molecule has 0 aliphatic carbocycles. The predicted octanol–water partition coefficient (Wildman–Crippen LogP) is 2.24. The number of rotatable bonds is 3. The van der Waals surface area contributed by atoms with Gasteiger partial charge in [0, 0.05) is 63.1 Å². The summed E-state index contributed by atoms with van der Waals surface area (Å²) in [6, 6.07) is 12.1. The predicted molar refractivity (Wildman–Crippen MR) is 108 cm³/mol. The molecule has 2 amide bonds. The van der Waals surface area contributed by atoms with E-state index in [1.807, 2.05) is 23.1 Å². The molecule has 28 heavy (non-hydrogen) atoms. The first-order valence-corrected chi connectivity index (χ1v) is 10.1. The van der Waals surface area contributed by atoms with Crippen molar-refractivity contribution in [3.63, 3.8) is 0 Å². The number of carbonyl (C=O) groups is 2. The van der Waals surface area contributed by atoms with Gasteiger partial charge in [-0.3, -0.25) is 14.5 Å². The van der Waals surface area contributed by atoms with Crippen molar-refractivity contribution in [2.45, 2.75) is 19.5 Å². The molecule has 0 N–H and O–H groups in total. The quantitative estimate of drug-likeness (QED) is 0.793. The monoisotopic (exact) mass is 400 g/mol. The number of hydrogen-bond acceptors (Lipinski definition) is 3. The van der Waals surface area contributed by atoms with Crippen LogP contribution in [0.4, 0.5) is 0 Å². The van der Waals surface area contributed by atoms with Crippen molar-refractivity contribution in [1.82, 2.24) is 19.3 Å². The second kappa shape index (κ2) is 7.97. The van der Waals surface area contributed by atoms with Crippen LogP contribution in [0.15, 0.2) is 42.6 Å². The van der Waals surface area contributed by atoms with Crippen molar-refractivity contribution in [2.75, 3.05) is 39.3 Å². The maximum atomic E-state index is 13.0. The third-order valence-electron chi connectivity index (χ3n) is 5.72. The summed E-state index contributed by atoms with van der Waals surface area (Å²) < 4.78 is 2.25. The van der Waals surface area contributed by atoms with Crippen LogP contribution in [0.5, 0.6) is 0 Å². The van der Waals surface area contributed by atoms with E-state index < -0.39 is 0 Å². The van der Waals surface area contributed by atoms with Gasteiger partial charge < -0.3 is 14.4 Å². The van der Waals surface area contributed by atoms with Crippen LogP contribution in [0, 0.1) is 0 Å². The third-order valence-corrected chi connectivity index (χ3v) is 5.95. The summed E-state index contributed by atoms with van der Waals surface area (Å²) in [5.74, 6) is 0.195. The molecular weight excluding hydrogens is 376 g/mol. The lowest BCUT2D eigenvalue weighted by atomic mass is 10.00. The number of piperazine rings is 1. The Labute approximate surface area is 170 Å². The Hall–Kier alpha value is -2.31. The summed E-state index contributed by atoms with van der Waals surface area (Å²) in [4.78, 5) is 30.4. The van der Waals surface area contributed by atoms with Gasteiger partial charge >= 0.3 is 0 Å². The minimum Gasteiger partial charge on any atom is -0.348 e. The summed E-state index contributed by atoms with van der Waals surface area (Å²) in [5, 5.41) is 0.702. The highest BCUT2D eigenvalue weighted by Crippen LogP contribution is 2.33. The summed E-state index contributed by atoms with van der Waals surface area (Å²) in [7, 11) is 0. The summed E-state index contributed by atoms with van der Waals surface area (Å²) in [5.41, 5.74) is 2.28. The highest BCUT2D eigenvalue weighted by molar-refractivity contribution is 6.30. The number of hydrogen-bond donors (Lipinski definition) is 0. The smallest absolute Gasteiger partial charge is 0.236 e. The van der Waals surface area contributed by atoms with E-state index in [9.17, 15) is 9.59 Å². The molecule has 2 aliphatic rings. The van der Waals surface area contributed by atoms with Crippen LogP contribution in [-0.4, -0.2) is 70.3 Å². The largest absolute Gasteiger partial charge is 0.348 e. The van der Waals surface area contributed by atoms with Gasteiger partial charge in [-0.15, -0.1) is 0 Å². The van der Waals surface area contributed by atoms with Crippen molar-refractivity contribution in [1.29, 1.82) is 0 Å². The van der Waals surface area contributed by atoms with E-state index in [1.165, 1.54) is 5.69 Å². The van der Waals surface area contributed by atoms with E-state index >= 15 is 0 Å². The number of aromatic nitrogens is 1. The third kappa shape index (κ3) is 3.80. The Bertz CT molecular complexity index is 873. The van der Waals surface area contributed by atoms with E-state index in [0.717, 1.165) is 18.7 Å². The molecular formula is C21H25ClN4O2. The first-order chi connectivity index (χ1) is 13.5. The Morgan fingerprint density at radius 1 is 1.00 bits per heavy atom. The van der Waals surface area contributed by atoms with Gasteiger partial charge in [0.05, 0.1) is 12.6 Å². The summed E-state index contributed by atoms with van der Waals surface area (Å²) in [6.07, 6.45) is 2.09. The van der Waals surface area contributed by atoms with Crippen molar-refractivity contribution in [3.05, 3.63) is 58.9 Å². The molecule has 1 saturated heterocycles. The molecule has 1 fully saturated rings. The lowest BCUT2D eigenvalue weighted by Crippen LogP contribution is -2.53. The second-order valence-electron chi connectivity index (χ2n) is 7.44. The first kappa shape index (κ1) is 19.0. The average molecular weight is 401 g/mol. The highest BCUT2D eigenvalue weighted by atomic mass is 35.5. The first-order valence-electron chi connectivity index (χ1n) is 9.71. The van der Waals surface area contributed by atoms with E-state index in [2.05, 4.69) is 33.9 Å². The highest BCUT2D eigenvalue weighted by Gasteiger charge is 2.32. The number of fused-ring (bicyclic) bond motifs is 1. The van der Waals surface area contributed by atoms with Gasteiger partial charge in [-0.05, 0) is 29.8 Å². The Morgan fingerprint density at radius 3 is 2.46 bits per heavy atom. The van der Waals surface area contributed by atoms with Gasteiger partial charge in [-0.2, -0.15) is 0 Å². The lowest BCUT2D eigenvalue weighted by Gasteiger charge is -2.39. The van der Waals surface area contributed by atoms with Crippen LogP contribution in [0.25, 0.3) is 0 Å². The van der Waals surface area contributed by atoms with E-state index in [1.54, 1.807) is 11.8 Å². The Balaban J connectivity index is 1.52. The zero-order chi connectivity index (χ0) is 19.7. The molecule has 1 aromatic heterocycles. The SMILES string of the molecule is CC(=O)N1CCN(C(=O)CN2CCn3cccc3C2c2cccc(Cl)c2)CC1. The molecule has 1 unspecified atom stereocenters. The fraction of sp³-hybridized carbons (Fsp3) is 0.429. The number of nitrogens with zero attached hydrogens (tertiary/aromatic N) is 4. The van der Waals surface area contributed by atoms with Crippen LogP contribution < -0.4 is 0 Å². The fourth-order valence-corrected chi connectivity index (χ4v) is 4.40. The lowest BCUT2D eigenvalue weighted by molar-refractivity contribution is -0.139. The van der Waals surface area contributed by atoms with Gasteiger partial charge in [0.15, 0.2) is 0 Å². The van der Waals surface area contributed by atoms with Crippen LogP contribution in [-0.2, 0) is 16.1 Å². The molecule has 0 bridgehead atoms. The standard InChI is InChI=1S/C21H25ClN4O2/c1-16(27)23-8-11-25(12-9-23)20(28)15-26-13-10-24-7-3-6-19(24)21(26)17-4-2-5-18(22)14-17/h2-7,14,21H,8-13,15H2,1H3. The molecule has 2 aliphatic heterocycles. The van der Waals surface area contributed by atoms with E-state index in [-0.39, 0.29) is 17.9 Å². The van der Waals surface area contributed by atoms with Gasteiger partial charge in [0.2, 0.25) is 11.8 Å². The van der Waals surface area contributed by atoms with E-state index in [4.69, 9.17) is 11.6 Å². The molecule has 3 heterocycles. The fourth-order valence-electron chi connectivity index (χ4n) is 4.20. The molecule has 0 saturated carbocycles. The summed E-state index contributed by atoms with van der Waals surface area (Å²) in [6.45, 7) is 6.04. The molecule has 2 aromatic rings. The Kier molecular flexibility index (Phi) is 5.42. The van der Waals surface area contributed by atoms with Crippen molar-refractivity contribution < 1.29 is 9.59 Å².